The van der Waals surface area contributed by atoms with Crippen LogP contribution in [0.15, 0.2) is 18.3 Å². The van der Waals surface area contributed by atoms with Gasteiger partial charge in [0.25, 0.3) is 0 Å². The zero-order valence-electron chi connectivity index (χ0n) is 14.0. The monoisotopic (exact) mass is 356 g/mol. The predicted octanol–water partition coefficient (Wildman–Crippen LogP) is 1.42. The lowest BCUT2D eigenvalue weighted by atomic mass is 10.1. The smallest absolute Gasteiger partial charge is 0.319 e. The summed E-state index contributed by atoms with van der Waals surface area (Å²) < 4.78 is 30.5. The Kier molecular flexibility index (Phi) is 6.38. The molecule has 2 amide bonds. The van der Waals surface area contributed by atoms with Gasteiger partial charge in [0.15, 0.2) is 0 Å². The predicted molar refractivity (Wildman–Crippen MR) is 91.6 cm³/mol. The van der Waals surface area contributed by atoms with Gasteiger partial charge in [0.05, 0.1) is 24.7 Å². The Labute approximate surface area is 142 Å². The minimum Gasteiger partial charge on any atom is -0.481 e. The van der Waals surface area contributed by atoms with Crippen LogP contribution in [0.4, 0.5) is 10.5 Å². The molecule has 2 rings (SSSR count). The largest absolute Gasteiger partial charge is 0.481 e. The maximum Gasteiger partial charge on any atom is 0.319 e. The zero-order chi connectivity index (χ0) is 17.6. The van der Waals surface area contributed by atoms with Crippen LogP contribution in [0.2, 0.25) is 0 Å². The maximum atomic E-state index is 12.0. The van der Waals surface area contributed by atoms with Crippen LogP contribution in [-0.4, -0.2) is 55.7 Å². The Morgan fingerprint density at radius 2 is 2.08 bits per heavy atom. The number of carbonyl (C=O) groups excluding carboxylic acids is 1. The molecule has 0 aliphatic carbocycles. The van der Waals surface area contributed by atoms with Gasteiger partial charge in [-0.1, -0.05) is 6.92 Å². The fourth-order valence-electron chi connectivity index (χ4n) is 2.59. The third kappa shape index (κ3) is 5.07. The Balaban J connectivity index is 1.79. The SMILES string of the molecule is CCCS(=O)(=O)N1CCC(NC(=O)Nc2ccc(OC)nc2)CC1. The molecule has 1 fully saturated rings. The number of nitrogens with one attached hydrogen (secondary N) is 2. The van der Waals surface area contributed by atoms with Gasteiger partial charge in [0.2, 0.25) is 15.9 Å². The van der Waals surface area contributed by atoms with Crippen molar-refractivity contribution in [2.45, 2.75) is 32.2 Å². The molecule has 0 radical (unpaired) electrons. The number of carbonyl (C=O) groups is 1. The fraction of sp³-hybridized carbons (Fsp3) is 0.600. The van der Waals surface area contributed by atoms with E-state index in [1.807, 2.05) is 6.92 Å². The molecular formula is C15H24N4O4S. The minimum absolute atomic E-state index is 0.0377. The average molecular weight is 356 g/mol. The summed E-state index contributed by atoms with van der Waals surface area (Å²) in [6.45, 7) is 2.74. The van der Waals surface area contributed by atoms with Gasteiger partial charge in [-0.25, -0.2) is 22.5 Å². The van der Waals surface area contributed by atoms with Crippen molar-refractivity contribution in [1.82, 2.24) is 14.6 Å². The van der Waals surface area contributed by atoms with Gasteiger partial charge in [-0.2, -0.15) is 0 Å². The summed E-state index contributed by atoms with van der Waals surface area (Å²) in [5.74, 6) is 0.650. The van der Waals surface area contributed by atoms with E-state index in [1.54, 1.807) is 12.1 Å². The average Bonchev–Trinajstić information content (AvgIpc) is 2.56. The number of aromatic nitrogens is 1. The van der Waals surface area contributed by atoms with Gasteiger partial charge in [0.1, 0.15) is 0 Å². The van der Waals surface area contributed by atoms with Gasteiger partial charge >= 0.3 is 6.03 Å². The Morgan fingerprint density at radius 3 is 2.62 bits per heavy atom. The number of ether oxygens (including phenoxy) is 1. The Bertz CT molecular complexity index is 640. The van der Waals surface area contributed by atoms with Crippen LogP contribution in [0.1, 0.15) is 26.2 Å². The number of piperidine rings is 1. The fourth-order valence-corrected chi connectivity index (χ4v) is 4.13. The molecule has 1 aliphatic rings. The number of urea groups is 1. The normalized spacial score (nSPS) is 16.6. The van der Waals surface area contributed by atoms with Crippen LogP contribution in [0.3, 0.4) is 0 Å². The van der Waals surface area contributed by atoms with Gasteiger partial charge < -0.3 is 15.4 Å². The third-order valence-corrected chi connectivity index (χ3v) is 5.92. The molecule has 0 aromatic carbocycles. The van der Waals surface area contributed by atoms with Crippen LogP contribution in [0.5, 0.6) is 5.88 Å². The van der Waals surface area contributed by atoms with E-state index in [0.717, 1.165) is 0 Å². The van der Waals surface area contributed by atoms with Crippen LogP contribution < -0.4 is 15.4 Å². The van der Waals surface area contributed by atoms with E-state index in [1.165, 1.54) is 17.6 Å². The van der Waals surface area contributed by atoms with Crippen molar-refractivity contribution in [2.75, 3.05) is 31.3 Å². The molecule has 0 bridgehead atoms. The van der Waals surface area contributed by atoms with E-state index in [2.05, 4.69) is 15.6 Å². The molecule has 9 heteroatoms. The molecule has 0 atom stereocenters. The van der Waals surface area contributed by atoms with Crippen molar-refractivity contribution in [1.29, 1.82) is 0 Å². The summed E-state index contributed by atoms with van der Waals surface area (Å²) in [5.41, 5.74) is 0.566. The lowest BCUT2D eigenvalue weighted by Crippen LogP contribution is -2.47. The van der Waals surface area contributed by atoms with E-state index in [-0.39, 0.29) is 17.8 Å². The number of rotatable bonds is 6. The molecule has 1 aromatic rings. The number of anilines is 1. The van der Waals surface area contributed by atoms with E-state index < -0.39 is 10.0 Å². The molecule has 24 heavy (non-hydrogen) atoms. The minimum atomic E-state index is -3.16. The second-order valence-corrected chi connectivity index (χ2v) is 7.77. The number of hydrogen-bond donors (Lipinski definition) is 2. The van der Waals surface area contributed by atoms with Crippen LogP contribution >= 0.6 is 0 Å². The molecule has 2 heterocycles. The first-order chi connectivity index (χ1) is 11.4. The van der Waals surface area contributed by atoms with E-state index in [4.69, 9.17) is 4.74 Å². The summed E-state index contributed by atoms with van der Waals surface area (Å²) in [7, 11) is -1.63. The van der Waals surface area contributed by atoms with Gasteiger partial charge in [0, 0.05) is 25.2 Å². The van der Waals surface area contributed by atoms with Crippen molar-refractivity contribution in [3.63, 3.8) is 0 Å². The number of sulfonamides is 1. The van der Waals surface area contributed by atoms with Crippen molar-refractivity contribution < 1.29 is 17.9 Å². The quantitative estimate of drug-likeness (QED) is 0.803. The lowest BCUT2D eigenvalue weighted by molar-refractivity contribution is 0.238. The first-order valence-corrected chi connectivity index (χ1v) is 9.61. The Morgan fingerprint density at radius 1 is 1.38 bits per heavy atom. The molecule has 134 valence electrons. The van der Waals surface area contributed by atoms with E-state index >= 15 is 0 Å². The lowest BCUT2D eigenvalue weighted by Gasteiger charge is -2.31. The molecule has 0 spiro atoms. The second kappa shape index (κ2) is 8.29. The molecule has 1 saturated heterocycles. The van der Waals surface area contributed by atoms with Crippen LogP contribution in [-0.2, 0) is 10.0 Å². The van der Waals surface area contributed by atoms with Crippen LogP contribution in [0.25, 0.3) is 0 Å². The third-order valence-electron chi connectivity index (χ3n) is 3.85. The molecule has 1 aromatic heterocycles. The first-order valence-electron chi connectivity index (χ1n) is 8.00. The number of hydrogen-bond acceptors (Lipinski definition) is 5. The van der Waals surface area contributed by atoms with Gasteiger partial charge in [-0.3, -0.25) is 0 Å². The summed E-state index contributed by atoms with van der Waals surface area (Å²) in [6.07, 6.45) is 3.34. The van der Waals surface area contributed by atoms with Crippen molar-refractivity contribution in [3.8, 4) is 5.88 Å². The van der Waals surface area contributed by atoms with Crippen LogP contribution in [0, 0.1) is 0 Å². The van der Waals surface area contributed by atoms with Gasteiger partial charge in [-0.05, 0) is 25.3 Å². The zero-order valence-corrected chi connectivity index (χ0v) is 14.8. The van der Waals surface area contributed by atoms with E-state index in [0.29, 0.717) is 43.9 Å². The summed E-state index contributed by atoms with van der Waals surface area (Å²) in [4.78, 5) is 16.0. The molecule has 0 saturated carbocycles. The first kappa shape index (κ1) is 18.5. The number of methoxy groups -OCH3 is 1. The highest BCUT2D eigenvalue weighted by atomic mass is 32.2. The topological polar surface area (TPSA) is 101 Å². The summed E-state index contributed by atoms with van der Waals surface area (Å²) in [5, 5.41) is 5.57. The molecular weight excluding hydrogens is 332 g/mol. The van der Waals surface area contributed by atoms with Crippen molar-refractivity contribution in [2.24, 2.45) is 0 Å². The second-order valence-electron chi connectivity index (χ2n) is 5.68. The highest BCUT2D eigenvalue weighted by molar-refractivity contribution is 7.89. The Hall–Kier alpha value is -1.87. The molecule has 1 aliphatic heterocycles. The highest BCUT2D eigenvalue weighted by Crippen LogP contribution is 2.16. The maximum absolute atomic E-state index is 12.0. The molecule has 8 nitrogen and oxygen atoms in total. The molecule has 0 unspecified atom stereocenters. The standard InChI is InChI=1S/C15H24N4O4S/c1-3-10-24(21,22)19-8-6-12(7-9-19)17-15(20)18-13-4-5-14(23-2)16-11-13/h4-5,11-12H,3,6-10H2,1-2H3,(H2,17,18,20). The number of amides is 2. The van der Waals surface area contributed by atoms with Crippen molar-refractivity contribution in [3.05, 3.63) is 18.3 Å². The highest BCUT2D eigenvalue weighted by Gasteiger charge is 2.27. The summed E-state index contributed by atoms with van der Waals surface area (Å²) in [6, 6.07) is 3.00. The van der Waals surface area contributed by atoms with Crippen molar-refractivity contribution >= 4 is 21.7 Å². The molecule has 2 N–H and O–H groups in total. The number of nitrogens with zero attached hydrogens (tertiary/aromatic N) is 2. The van der Waals surface area contributed by atoms with Gasteiger partial charge in [-0.15, -0.1) is 0 Å². The summed E-state index contributed by atoms with van der Waals surface area (Å²) >= 11 is 0. The number of pyridine rings is 1. The van der Waals surface area contributed by atoms with E-state index in [9.17, 15) is 13.2 Å².